The second-order valence-electron chi connectivity index (χ2n) is 4.55. The van der Waals surface area contributed by atoms with E-state index in [1.165, 1.54) is 27.5 Å². The van der Waals surface area contributed by atoms with Gasteiger partial charge >= 0.3 is 17.9 Å². The molecule has 0 fully saturated rings. The Bertz CT molecular complexity index is 800. The van der Waals surface area contributed by atoms with Crippen molar-refractivity contribution in [3.05, 3.63) is 58.1 Å². The molecule has 106 valence electrons. The van der Waals surface area contributed by atoms with Gasteiger partial charge in [-0.2, -0.15) is 0 Å². The Kier molecular flexibility index (Phi) is 3.31. The zero-order valence-corrected chi connectivity index (χ0v) is 11.5. The zero-order chi connectivity index (χ0) is 15.0. The Morgan fingerprint density at radius 3 is 2.90 bits per heavy atom. The molecule has 7 heteroatoms. The topological polar surface area (TPSA) is 69.2 Å². The normalized spacial score (nSPS) is 16.4. The van der Waals surface area contributed by atoms with Gasteiger partial charge < -0.3 is 9.30 Å². The lowest BCUT2D eigenvalue weighted by Gasteiger charge is -2.05. The van der Waals surface area contributed by atoms with Gasteiger partial charge in [-0.1, -0.05) is 11.6 Å². The van der Waals surface area contributed by atoms with E-state index in [2.05, 4.69) is 0 Å². The minimum Gasteiger partial charge on any atom is -0.365 e. The first-order valence-corrected chi connectivity index (χ1v) is 6.54. The number of aromatic nitrogens is 2. The molecular weight excluding hydrogens is 296 g/mol. The highest BCUT2D eigenvalue weighted by Crippen LogP contribution is 2.18. The fraction of sp³-hybridized carbons (Fsp3) is 0.143. The molecule has 1 atom stereocenters. The molecule has 0 saturated carbocycles. The van der Waals surface area contributed by atoms with E-state index < -0.39 is 17.8 Å². The van der Waals surface area contributed by atoms with E-state index in [0.29, 0.717) is 10.9 Å². The highest BCUT2D eigenvalue weighted by molar-refractivity contribution is 6.30. The minimum absolute atomic E-state index is 0.250. The van der Waals surface area contributed by atoms with Gasteiger partial charge in [0, 0.05) is 18.3 Å². The van der Waals surface area contributed by atoms with Gasteiger partial charge in [0.25, 0.3) is 5.56 Å². The molecule has 21 heavy (non-hydrogen) atoms. The van der Waals surface area contributed by atoms with Gasteiger partial charge in [0.05, 0.1) is 17.6 Å². The van der Waals surface area contributed by atoms with Crippen LogP contribution in [0.5, 0.6) is 5.88 Å². The Morgan fingerprint density at radius 2 is 2.10 bits per heavy atom. The first-order valence-electron chi connectivity index (χ1n) is 6.17. The molecule has 1 aliphatic heterocycles. The number of hydrogen-bond acceptors (Lipinski definition) is 4. The molecule has 0 bridgehead atoms. The van der Waals surface area contributed by atoms with E-state index >= 15 is 0 Å². The highest BCUT2D eigenvalue weighted by Gasteiger charge is 2.46. The molecule has 0 saturated heterocycles. The number of carbonyl (C=O) groups excluding carboxylic acids is 2. The summed E-state index contributed by atoms with van der Waals surface area (Å²) in [5, 5.41) is 0.337. The Balaban J connectivity index is 1.91. The number of rotatable bonds is 3. The van der Waals surface area contributed by atoms with Gasteiger partial charge in [0.2, 0.25) is 5.78 Å². The van der Waals surface area contributed by atoms with Crippen molar-refractivity contribution in [1.82, 2.24) is 4.57 Å². The van der Waals surface area contributed by atoms with Crippen LogP contribution < -0.4 is 14.9 Å². The molecular formula is C14H10ClN2O4+. The van der Waals surface area contributed by atoms with Crippen LogP contribution in [0.2, 0.25) is 5.02 Å². The largest absolute Gasteiger partial charge is 0.394 e. The van der Waals surface area contributed by atoms with Crippen molar-refractivity contribution in [3.8, 4) is 5.88 Å². The van der Waals surface area contributed by atoms with Crippen molar-refractivity contribution in [2.24, 2.45) is 0 Å². The van der Waals surface area contributed by atoms with Crippen molar-refractivity contribution in [2.45, 2.75) is 12.6 Å². The monoisotopic (exact) mass is 305 g/mol. The van der Waals surface area contributed by atoms with Crippen LogP contribution in [0.4, 0.5) is 0 Å². The molecule has 3 rings (SSSR count). The summed E-state index contributed by atoms with van der Waals surface area (Å²) in [5.41, 5.74) is -0.364. The summed E-state index contributed by atoms with van der Waals surface area (Å²) in [6.45, 7) is -0.250. The van der Waals surface area contributed by atoms with E-state index in [0.717, 1.165) is 0 Å². The maximum Gasteiger partial charge on any atom is 0.394 e. The van der Waals surface area contributed by atoms with Crippen LogP contribution in [-0.4, -0.2) is 16.3 Å². The van der Waals surface area contributed by atoms with Gasteiger partial charge in [-0.3, -0.25) is 9.59 Å². The summed E-state index contributed by atoms with van der Waals surface area (Å²) >= 11 is 5.80. The number of ether oxygens (including phenoxy) is 1. The minimum atomic E-state index is -1.08. The number of Topliss-reactive ketones (excluding diaryl/α,β-unsaturated/α-hetero) is 1. The second kappa shape index (κ2) is 5.14. The van der Waals surface area contributed by atoms with Crippen LogP contribution in [0, 0.1) is 0 Å². The van der Waals surface area contributed by atoms with E-state index in [1.807, 2.05) is 0 Å². The first-order chi connectivity index (χ1) is 10.1. The lowest BCUT2D eigenvalue weighted by Crippen LogP contribution is -2.44. The third-order valence-electron chi connectivity index (χ3n) is 3.14. The van der Waals surface area contributed by atoms with Crippen molar-refractivity contribution < 1.29 is 18.9 Å². The van der Waals surface area contributed by atoms with E-state index in [4.69, 9.17) is 16.3 Å². The number of carbonyl (C=O) groups is 2. The molecule has 2 aromatic rings. The average Bonchev–Trinajstić information content (AvgIpc) is 2.78. The summed E-state index contributed by atoms with van der Waals surface area (Å²) in [6.07, 6.45) is 2.95. The quantitative estimate of drug-likeness (QED) is 0.471. The maximum atomic E-state index is 12.3. The molecule has 0 aliphatic carbocycles. The summed E-state index contributed by atoms with van der Waals surface area (Å²) in [6, 6.07) is 6.62. The summed E-state index contributed by atoms with van der Waals surface area (Å²) in [5.74, 6) is -0.792. The second-order valence-corrected chi connectivity index (χ2v) is 4.99. The van der Waals surface area contributed by atoms with Crippen LogP contribution in [0.15, 0.2) is 47.5 Å². The highest BCUT2D eigenvalue weighted by atomic mass is 35.5. The third-order valence-corrected chi connectivity index (χ3v) is 3.36. The number of nitrogens with zero attached hydrogens (tertiary/aromatic N) is 2. The molecule has 0 spiro atoms. The Morgan fingerprint density at radius 1 is 1.29 bits per heavy atom. The summed E-state index contributed by atoms with van der Waals surface area (Å²) in [7, 11) is 0. The number of pyridine rings is 2. The molecule has 0 amide bonds. The average molecular weight is 306 g/mol. The fourth-order valence-electron chi connectivity index (χ4n) is 2.18. The van der Waals surface area contributed by atoms with Crippen molar-refractivity contribution >= 4 is 23.4 Å². The van der Waals surface area contributed by atoms with Crippen LogP contribution in [0.25, 0.3) is 0 Å². The van der Waals surface area contributed by atoms with E-state index in [-0.39, 0.29) is 12.1 Å². The molecule has 0 N–H and O–H groups in total. The Hall–Kier alpha value is -2.47. The summed E-state index contributed by atoms with van der Waals surface area (Å²) < 4.78 is 7.63. The van der Waals surface area contributed by atoms with Crippen molar-refractivity contribution in [1.29, 1.82) is 0 Å². The number of esters is 1. The van der Waals surface area contributed by atoms with Crippen LogP contribution >= 0.6 is 11.6 Å². The molecule has 6 nitrogen and oxygen atoms in total. The molecule has 0 radical (unpaired) electrons. The van der Waals surface area contributed by atoms with Gasteiger partial charge in [0.15, 0.2) is 6.20 Å². The molecule has 1 aliphatic rings. The van der Waals surface area contributed by atoms with Gasteiger partial charge in [-0.25, -0.2) is 4.79 Å². The lowest BCUT2D eigenvalue weighted by atomic mass is 10.2. The number of fused-ring (bicyclic) bond motifs is 1. The lowest BCUT2D eigenvalue weighted by molar-refractivity contribution is -0.686. The Labute approximate surface area is 124 Å². The third kappa shape index (κ3) is 2.45. The predicted molar refractivity (Wildman–Crippen MR) is 72.0 cm³/mol. The molecule has 0 unspecified atom stereocenters. The predicted octanol–water partition coefficient (Wildman–Crippen LogP) is 0.519. The van der Waals surface area contributed by atoms with Crippen molar-refractivity contribution in [2.75, 3.05) is 0 Å². The van der Waals surface area contributed by atoms with Crippen LogP contribution in [-0.2, 0) is 16.1 Å². The smallest absolute Gasteiger partial charge is 0.365 e. The van der Waals surface area contributed by atoms with E-state index in [1.54, 1.807) is 24.4 Å². The van der Waals surface area contributed by atoms with Crippen LogP contribution in [0.1, 0.15) is 6.04 Å². The first kappa shape index (κ1) is 13.5. The maximum absolute atomic E-state index is 12.3. The molecule has 0 aromatic carbocycles. The standard InChI is InChI=1S/C14H10ClN2O4/c15-9-4-5-11(19)16(7-9)8-10(18)13-14(20)21-12-3-1-2-6-17(12)13/h1-7,13H,8H2/q+1/t13-/m0/s1. The SMILES string of the molecule is O=C(Cn1cc(Cl)ccc1=O)[C@H]1C(=O)Oc2cccc[n+]21. The van der Waals surface area contributed by atoms with Crippen LogP contribution in [0.3, 0.4) is 0 Å². The number of hydrogen-bond donors (Lipinski definition) is 0. The van der Waals surface area contributed by atoms with Gasteiger partial charge in [-0.15, -0.1) is 4.57 Å². The zero-order valence-electron chi connectivity index (χ0n) is 10.7. The fourth-order valence-corrected chi connectivity index (χ4v) is 2.36. The summed E-state index contributed by atoms with van der Waals surface area (Å²) in [4.78, 5) is 35.8. The molecule has 2 aromatic heterocycles. The van der Waals surface area contributed by atoms with Gasteiger partial charge in [0.1, 0.15) is 0 Å². The number of halogens is 1. The van der Waals surface area contributed by atoms with Gasteiger partial charge in [-0.05, 0) is 12.1 Å². The van der Waals surface area contributed by atoms with E-state index in [9.17, 15) is 14.4 Å². The number of ketones is 1. The molecule has 3 heterocycles. The van der Waals surface area contributed by atoms with Crippen molar-refractivity contribution in [3.63, 3.8) is 0 Å².